The largest absolute Gasteiger partial charge is 0.524 e. The fourth-order valence-corrected chi connectivity index (χ4v) is 2.05. The molecular formula is C8H11NO9P2. The predicted octanol–water partition coefficient (Wildman–Crippen LogP) is 0.283. The van der Waals surface area contributed by atoms with Crippen LogP contribution in [0.25, 0.3) is 0 Å². The molecule has 1 aromatic rings. The van der Waals surface area contributed by atoms with Gasteiger partial charge in [-0.25, -0.2) is 9.13 Å². The summed E-state index contributed by atoms with van der Waals surface area (Å²) < 4.78 is 30.0. The van der Waals surface area contributed by atoms with Crippen molar-refractivity contribution in [3.05, 3.63) is 23.0 Å². The molecule has 0 radical (unpaired) electrons. The first kappa shape index (κ1) is 16.9. The summed E-state index contributed by atoms with van der Waals surface area (Å²) in [6.45, 7) is 0.661. The molecular weight excluding hydrogens is 316 g/mol. The normalized spacial score (nSPS) is 12.2. The number of rotatable bonds is 6. The number of pyridine rings is 1. The molecule has 0 fully saturated rings. The molecule has 0 aliphatic carbocycles. The molecule has 0 atom stereocenters. The monoisotopic (exact) mass is 327 g/mol. The van der Waals surface area contributed by atoms with Crippen LogP contribution in [0.15, 0.2) is 6.20 Å². The van der Waals surface area contributed by atoms with Gasteiger partial charge in [-0.05, 0) is 6.92 Å². The maximum atomic E-state index is 11.0. The van der Waals surface area contributed by atoms with E-state index in [1.165, 1.54) is 6.92 Å². The van der Waals surface area contributed by atoms with Gasteiger partial charge in [-0.1, -0.05) is 0 Å². The lowest BCUT2D eigenvalue weighted by Gasteiger charge is -2.14. The number of phosphoric ester groups is 2. The summed E-state index contributed by atoms with van der Waals surface area (Å²) in [5.74, 6) is -0.472. The zero-order chi connectivity index (χ0) is 15.6. The van der Waals surface area contributed by atoms with E-state index in [0.29, 0.717) is 0 Å². The van der Waals surface area contributed by atoms with E-state index in [4.69, 9.17) is 19.6 Å². The second-order valence-electron chi connectivity index (χ2n) is 3.58. The maximum Gasteiger partial charge on any atom is 0.524 e. The molecule has 0 aliphatic heterocycles. The van der Waals surface area contributed by atoms with Crippen LogP contribution in [0.4, 0.5) is 0 Å². The minimum absolute atomic E-state index is 0.0235. The number of hydrogen-bond donors (Lipinski definition) is 4. The Labute approximate surface area is 112 Å². The van der Waals surface area contributed by atoms with Crippen molar-refractivity contribution in [3.8, 4) is 5.75 Å². The van der Waals surface area contributed by atoms with Gasteiger partial charge < -0.3 is 14.3 Å². The zero-order valence-electron chi connectivity index (χ0n) is 10.0. The zero-order valence-corrected chi connectivity index (χ0v) is 11.8. The van der Waals surface area contributed by atoms with Crippen molar-refractivity contribution in [2.45, 2.75) is 13.5 Å². The number of carbonyl (C=O) groups is 1. The number of aromatic nitrogens is 1. The van der Waals surface area contributed by atoms with Gasteiger partial charge in [0.15, 0.2) is 12.0 Å². The summed E-state index contributed by atoms with van der Waals surface area (Å²) in [5, 5.41) is 0. The van der Waals surface area contributed by atoms with Gasteiger partial charge in [-0.15, -0.1) is 0 Å². The molecule has 1 rings (SSSR count). The molecule has 20 heavy (non-hydrogen) atoms. The Morgan fingerprint density at radius 3 is 2.30 bits per heavy atom. The van der Waals surface area contributed by atoms with E-state index in [1.807, 2.05) is 0 Å². The lowest BCUT2D eigenvalue weighted by atomic mass is 10.1. The highest BCUT2D eigenvalue weighted by Gasteiger charge is 2.24. The van der Waals surface area contributed by atoms with Crippen molar-refractivity contribution in [2.24, 2.45) is 0 Å². The highest BCUT2D eigenvalue weighted by Crippen LogP contribution is 2.42. The van der Waals surface area contributed by atoms with Crippen LogP contribution in [-0.4, -0.2) is 30.8 Å². The van der Waals surface area contributed by atoms with Crippen LogP contribution in [0.2, 0.25) is 0 Å². The van der Waals surface area contributed by atoms with Gasteiger partial charge in [0.05, 0.1) is 17.9 Å². The summed E-state index contributed by atoms with van der Waals surface area (Å²) >= 11 is 0. The Balaban J connectivity index is 3.21. The summed E-state index contributed by atoms with van der Waals surface area (Å²) in [7, 11) is -9.69. The van der Waals surface area contributed by atoms with Gasteiger partial charge >= 0.3 is 15.6 Å². The number of carbonyl (C=O) groups excluding carboxylic acids is 1. The van der Waals surface area contributed by atoms with Gasteiger partial charge in [-0.2, -0.15) is 0 Å². The summed E-state index contributed by atoms with van der Waals surface area (Å²) in [4.78, 5) is 49.4. The average Bonchev–Trinajstić information content (AvgIpc) is 2.27. The second kappa shape index (κ2) is 6.11. The molecule has 1 heterocycles. The van der Waals surface area contributed by atoms with Crippen LogP contribution in [0.5, 0.6) is 5.75 Å². The van der Waals surface area contributed by atoms with Crippen LogP contribution in [-0.2, 0) is 20.3 Å². The van der Waals surface area contributed by atoms with Crippen molar-refractivity contribution in [1.82, 2.24) is 4.98 Å². The minimum atomic E-state index is -4.92. The first-order valence-electron chi connectivity index (χ1n) is 4.92. The number of phosphoric acid groups is 2. The summed E-state index contributed by atoms with van der Waals surface area (Å²) in [5.41, 5.74) is -0.373. The molecule has 0 unspecified atom stereocenters. The third-order valence-corrected chi connectivity index (χ3v) is 2.94. The van der Waals surface area contributed by atoms with E-state index in [2.05, 4.69) is 14.0 Å². The van der Waals surface area contributed by atoms with Crippen molar-refractivity contribution in [2.75, 3.05) is 0 Å². The van der Waals surface area contributed by atoms with E-state index < -0.39 is 28.0 Å². The Kier molecular flexibility index (Phi) is 5.17. The van der Waals surface area contributed by atoms with Crippen molar-refractivity contribution in [3.63, 3.8) is 0 Å². The Morgan fingerprint density at radius 2 is 1.85 bits per heavy atom. The number of aldehydes is 1. The number of nitrogens with zero attached hydrogens (tertiary/aromatic N) is 1. The fourth-order valence-electron chi connectivity index (χ4n) is 1.28. The topological polar surface area (TPSA) is 163 Å². The molecule has 4 N–H and O–H groups in total. The third kappa shape index (κ3) is 5.10. The van der Waals surface area contributed by atoms with Gasteiger partial charge in [-0.3, -0.25) is 24.1 Å². The third-order valence-electron chi connectivity index (χ3n) is 2.05. The fraction of sp³-hybridized carbons (Fsp3) is 0.250. The molecule has 0 saturated carbocycles. The lowest BCUT2D eigenvalue weighted by molar-refractivity contribution is 0.111. The van der Waals surface area contributed by atoms with Gasteiger partial charge in [0, 0.05) is 11.8 Å². The van der Waals surface area contributed by atoms with Crippen molar-refractivity contribution >= 4 is 21.9 Å². The summed E-state index contributed by atoms with van der Waals surface area (Å²) in [6.07, 6.45) is 1.30. The SMILES string of the molecule is Cc1ncc(COP(=O)(O)O)c(C=O)c1OP(=O)(O)O. The van der Waals surface area contributed by atoms with Crippen LogP contribution < -0.4 is 4.52 Å². The van der Waals surface area contributed by atoms with Crippen LogP contribution >= 0.6 is 15.6 Å². The molecule has 0 bridgehead atoms. The van der Waals surface area contributed by atoms with E-state index in [1.54, 1.807) is 0 Å². The smallest absolute Gasteiger partial charge is 0.402 e. The molecule has 1 aromatic heterocycles. The Morgan fingerprint density at radius 1 is 1.25 bits per heavy atom. The quantitative estimate of drug-likeness (QED) is 0.421. The highest BCUT2D eigenvalue weighted by molar-refractivity contribution is 7.46. The van der Waals surface area contributed by atoms with Crippen LogP contribution in [0.3, 0.4) is 0 Å². The average molecular weight is 327 g/mol. The molecule has 10 nitrogen and oxygen atoms in total. The van der Waals surface area contributed by atoms with E-state index in [9.17, 15) is 13.9 Å². The first-order chi connectivity index (χ1) is 9.03. The number of aryl methyl sites for hydroxylation is 1. The maximum absolute atomic E-state index is 11.0. The van der Waals surface area contributed by atoms with Gasteiger partial charge in [0.1, 0.15) is 0 Å². The first-order valence-corrected chi connectivity index (χ1v) is 7.98. The van der Waals surface area contributed by atoms with Crippen LogP contribution in [0, 0.1) is 6.92 Å². The van der Waals surface area contributed by atoms with Crippen molar-refractivity contribution in [1.29, 1.82) is 0 Å². The molecule has 0 aliphatic rings. The van der Waals surface area contributed by atoms with E-state index in [-0.39, 0.29) is 23.1 Å². The van der Waals surface area contributed by atoms with Gasteiger partial charge in [0.25, 0.3) is 0 Å². The summed E-state index contributed by atoms with van der Waals surface area (Å²) in [6, 6.07) is 0. The standard InChI is InChI=1S/C8H11NO9P2/c1-5-8(18-20(14,15)16)7(3-10)6(2-9-5)4-17-19(11,12)13/h2-3H,4H2,1H3,(H2,11,12,13)(H2,14,15,16). The van der Waals surface area contributed by atoms with Crippen molar-refractivity contribution < 1.29 is 42.5 Å². The van der Waals surface area contributed by atoms with E-state index in [0.717, 1.165) is 6.20 Å². The Bertz CT molecular complexity index is 604. The van der Waals surface area contributed by atoms with E-state index >= 15 is 0 Å². The second-order valence-corrected chi connectivity index (χ2v) is 5.98. The molecule has 0 amide bonds. The number of hydrogen-bond acceptors (Lipinski definition) is 6. The molecule has 0 saturated heterocycles. The highest BCUT2D eigenvalue weighted by atomic mass is 31.2. The predicted molar refractivity (Wildman–Crippen MR) is 63.9 cm³/mol. The minimum Gasteiger partial charge on any atom is -0.402 e. The molecule has 112 valence electrons. The molecule has 0 aromatic carbocycles. The van der Waals surface area contributed by atoms with Gasteiger partial charge in [0.2, 0.25) is 0 Å². The molecule has 12 heteroatoms. The molecule has 0 spiro atoms. The van der Waals surface area contributed by atoms with Crippen LogP contribution in [0.1, 0.15) is 21.6 Å². The Hall–Kier alpha value is -1.12. The lowest BCUT2D eigenvalue weighted by Crippen LogP contribution is -2.04.